The number of amides is 1. The van der Waals surface area contributed by atoms with Gasteiger partial charge in [0.2, 0.25) is 0 Å². The van der Waals surface area contributed by atoms with Gasteiger partial charge in [0.1, 0.15) is 0 Å². The number of anilines is 1. The molecule has 5 nitrogen and oxygen atoms in total. The molecule has 0 aliphatic heterocycles. The van der Waals surface area contributed by atoms with E-state index in [0.717, 1.165) is 11.8 Å². The number of rotatable bonds is 4. The first kappa shape index (κ1) is 14.5. The van der Waals surface area contributed by atoms with Gasteiger partial charge in [0.25, 0.3) is 5.91 Å². The first-order valence-corrected chi connectivity index (χ1v) is 6.27. The topological polar surface area (TPSA) is 70.5 Å². The third-order valence-electron chi connectivity index (χ3n) is 2.94. The molecule has 0 bridgehead atoms. The van der Waals surface area contributed by atoms with Gasteiger partial charge >= 0.3 is 5.97 Å². The standard InChI is InChI=1S/C16H14N2O3/c1-18(13-5-3-2-4-6-13)16(21)14-9-10-17-11-12(14)7-8-15(19)20/h2-11H,1H3,(H,19,20). The van der Waals surface area contributed by atoms with Crippen molar-refractivity contribution in [2.24, 2.45) is 0 Å². The first-order chi connectivity index (χ1) is 10.1. The summed E-state index contributed by atoms with van der Waals surface area (Å²) in [5.74, 6) is -1.30. The Hall–Kier alpha value is -2.95. The van der Waals surface area contributed by atoms with Gasteiger partial charge in [0.05, 0.1) is 5.56 Å². The van der Waals surface area contributed by atoms with Crippen LogP contribution in [0, 0.1) is 0 Å². The van der Waals surface area contributed by atoms with Gasteiger partial charge in [-0.2, -0.15) is 0 Å². The van der Waals surface area contributed by atoms with E-state index in [1.807, 2.05) is 30.3 Å². The maximum absolute atomic E-state index is 12.5. The van der Waals surface area contributed by atoms with Crippen LogP contribution in [0.15, 0.2) is 54.9 Å². The highest BCUT2D eigenvalue weighted by molar-refractivity contribution is 6.08. The summed E-state index contributed by atoms with van der Waals surface area (Å²) < 4.78 is 0. The summed E-state index contributed by atoms with van der Waals surface area (Å²) in [7, 11) is 1.67. The number of carboxylic acids is 1. The van der Waals surface area contributed by atoms with Crippen LogP contribution < -0.4 is 4.90 Å². The van der Waals surface area contributed by atoms with Crippen LogP contribution in [-0.4, -0.2) is 29.0 Å². The molecule has 1 N–H and O–H groups in total. The summed E-state index contributed by atoms with van der Waals surface area (Å²) in [6.45, 7) is 0. The molecule has 0 aliphatic rings. The second-order valence-corrected chi connectivity index (χ2v) is 4.33. The largest absolute Gasteiger partial charge is 0.478 e. The minimum atomic E-state index is -1.08. The minimum Gasteiger partial charge on any atom is -0.478 e. The number of carbonyl (C=O) groups is 2. The average molecular weight is 282 g/mol. The van der Waals surface area contributed by atoms with Crippen LogP contribution in [0.3, 0.4) is 0 Å². The van der Waals surface area contributed by atoms with E-state index in [1.165, 1.54) is 23.4 Å². The van der Waals surface area contributed by atoms with Crippen LogP contribution in [0.4, 0.5) is 5.69 Å². The molecule has 106 valence electrons. The zero-order valence-corrected chi connectivity index (χ0v) is 11.4. The number of para-hydroxylation sites is 1. The van der Waals surface area contributed by atoms with Crippen LogP contribution >= 0.6 is 0 Å². The smallest absolute Gasteiger partial charge is 0.328 e. The van der Waals surface area contributed by atoms with Gasteiger partial charge in [-0.15, -0.1) is 0 Å². The number of nitrogens with zero attached hydrogens (tertiary/aromatic N) is 2. The predicted molar refractivity (Wildman–Crippen MR) is 80.1 cm³/mol. The number of aromatic nitrogens is 1. The Morgan fingerprint density at radius 1 is 1.19 bits per heavy atom. The monoisotopic (exact) mass is 282 g/mol. The van der Waals surface area contributed by atoms with Crippen molar-refractivity contribution < 1.29 is 14.7 Å². The number of hydrogen-bond acceptors (Lipinski definition) is 3. The molecule has 2 aromatic rings. The van der Waals surface area contributed by atoms with Crippen LogP contribution in [0.2, 0.25) is 0 Å². The van der Waals surface area contributed by atoms with Gasteiger partial charge in [0.15, 0.2) is 0 Å². The number of carboxylic acid groups (broad SMARTS) is 1. The van der Waals surface area contributed by atoms with Crippen molar-refractivity contribution in [2.45, 2.75) is 0 Å². The fourth-order valence-electron chi connectivity index (χ4n) is 1.84. The molecule has 1 heterocycles. The zero-order chi connectivity index (χ0) is 15.2. The highest BCUT2D eigenvalue weighted by atomic mass is 16.4. The Bertz CT molecular complexity index is 681. The molecular formula is C16H14N2O3. The molecule has 21 heavy (non-hydrogen) atoms. The Morgan fingerprint density at radius 2 is 1.90 bits per heavy atom. The Morgan fingerprint density at radius 3 is 2.57 bits per heavy atom. The molecule has 0 saturated carbocycles. The molecule has 0 atom stereocenters. The van der Waals surface area contributed by atoms with Gasteiger partial charge in [0, 0.05) is 36.8 Å². The van der Waals surface area contributed by atoms with Crippen LogP contribution in [0.1, 0.15) is 15.9 Å². The van der Waals surface area contributed by atoms with Gasteiger partial charge in [-0.05, 0) is 24.3 Å². The molecule has 0 saturated heterocycles. The van der Waals surface area contributed by atoms with E-state index < -0.39 is 5.97 Å². The molecule has 0 spiro atoms. The predicted octanol–water partition coefficient (Wildman–Crippen LogP) is 2.46. The molecule has 0 radical (unpaired) electrons. The lowest BCUT2D eigenvalue weighted by atomic mass is 10.1. The van der Waals surface area contributed by atoms with Gasteiger partial charge in [-0.1, -0.05) is 18.2 Å². The van der Waals surface area contributed by atoms with Crippen molar-refractivity contribution in [3.05, 3.63) is 66.0 Å². The van der Waals surface area contributed by atoms with Crippen molar-refractivity contribution in [3.63, 3.8) is 0 Å². The summed E-state index contributed by atoms with van der Waals surface area (Å²) in [4.78, 5) is 28.6. The van der Waals surface area contributed by atoms with Crippen molar-refractivity contribution in [3.8, 4) is 0 Å². The normalized spacial score (nSPS) is 10.5. The maximum Gasteiger partial charge on any atom is 0.328 e. The van der Waals surface area contributed by atoms with Crippen LogP contribution in [0.5, 0.6) is 0 Å². The number of carbonyl (C=O) groups excluding carboxylic acids is 1. The van der Waals surface area contributed by atoms with E-state index in [9.17, 15) is 9.59 Å². The Kier molecular flexibility index (Phi) is 4.46. The highest BCUT2D eigenvalue weighted by Gasteiger charge is 2.16. The van der Waals surface area contributed by atoms with Gasteiger partial charge in [-0.25, -0.2) is 4.79 Å². The average Bonchev–Trinajstić information content (AvgIpc) is 2.52. The first-order valence-electron chi connectivity index (χ1n) is 6.27. The van der Waals surface area contributed by atoms with Crippen molar-refractivity contribution in [1.29, 1.82) is 0 Å². The third kappa shape index (κ3) is 3.54. The van der Waals surface area contributed by atoms with Crippen LogP contribution in [0.25, 0.3) is 6.08 Å². The van der Waals surface area contributed by atoms with Crippen molar-refractivity contribution in [2.75, 3.05) is 11.9 Å². The fraction of sp³-hybridized carbons (Fsp3) is 0.0625. The molecule has 1 aromatic heterocycles. The lowest BCUT2D eigenvalue weighted by Crippen LogP contribution is -2.26. The second kappa shape index (κ2) is 6.47. The number of benzene rings is 1. The van der Waals surface area contributed by atoms with Gasteiger partial charge < -0.3 is 10.0 Å². The van der Waals surface area contributed by atoms with Crippen molar-refractivity contribution in [1.82, 2.24) is 4.98 Å². The van der Waals surface area contributed by atoms with E-state index in [2.05, 4.69) is 4.98 Å². The molecule has 0 aliphatic carbocycles. The molecule has 1 aromatic carbocycles. The highest BCUT2D eigenvalue weighted by Crippen LogP contribution is 2.17. The van der Waals surface area contributed by atoms with E-state index in [4.69, 9.17) is 5.11 Å². The molecule has 5 heteroatoms. The summed E-state index contributed by atoms with van der Waals surface area (Å²) in [6, 6.07) is 10.8. The quantitative estimate of drug-likeness (QED) is 0.874. The summed E-state index contributed by atoms with van der Waals surface area (Å²) in [6.07, 6.45) is 5.31. The number of pyridine rings is 1. The lowest BCUT2D eigenvalue weighted by Gasteiger charge is -2.18. The van der Waals surface area contributed by atoms with Crippen LogP contribution in [-0.2, 0) is 4.79 Å². The van der Waals surface area contributed by atoms with E-state index >= 15 is 0 Å². The van der Waals surface area contributed by atoms with Crippen molar-refractivity contribution >= 4 is 23.6 Å². The minimum absolute atomic E-state index is 0.228. The number of hydrogen-bond donors (Lipinski definition) is 1. The molecule has 2 rings (SSSR count). The zero-order valence-electron chi connectivity index (χ0n) is 11.4. The molecule has 1 amide bonds. The van der Waals surface area contributed by atoms with E-state index in [1.54, 1.807) is 13.1 Å². The Labute approximate surface area is 122 Å². The summed E-state index contributed by atoms with van der Waals surface area (Å²) in [5, 5.41) is 8.69. The Balaban J connectivity index is 2.33. The fourth-order valence-corrected chi connectivity index (χ4v) is 1.84. The number of aliphatic carboxylic acids is 1. The molecular weight excluding hydrogens is 268 g/mol. The van der Waals surface area contributed by atoms with E-state index in [0.29, 0.717) is 11.1 Å². The third-order valence-corrected chi connectivity index (χ3v) is 2.94. The molecule has 0 fully saturated rings. The molecule has 0 unspecified atom stereocenters. The maximum atomic E-state index is 12.5. The lowest BCUT2D eigenvalue weighted by molar-refractivity contribution is -0.131. The van der Waals surface area contributed by atoms with E-state index in [-0.39, 0.29) is 5.91 Å². The van der Waals surface area contributed by atoms with Gasteiger partial charge in [-0.3, -0.25) is 9.78 Å². The summed E-state index contributed by atoms with van der Waals surface area (Å²) >= 11 is 0. The summed E-state index contributed by atoms with van der Waals surface area (Å²) in [5.41, 5.74) is 1.62. The SMILES string of the molecule is CN(C(=O)c1ccncc1C=CC(=O)O)c1ccccc1. The second-order valence-electron chi connectivity index (χ2n) is 4.33.